The molecule has 25 heavy (non-hydrogen) atoms. The second-order valence-corrected chi connectivity index (χ2v) is 7.47. The van der Waals surface area contributed by atoms with Crippen LogP contribution in [0.3, 0.4) is 0 Å². The minimum atomic E-state index is -0.00794. The van der Waals surface area contributed by atoms with Crippen molar-refractivity contribution in [1.82, 2.24) is 14.8 Å². The van der Waals surface area contributed by atoms with Crippen LogP contribution in [0, 0.1) is 0 Å². The zero-order chi connectivity index (χ0) is 18.0. The third-order valence-corrected chi connectivity index (χ3v) is 4.94. The third kappa shape index (κ3) is 3.79. The molecule has 1 aliphatic heterocycles. The van der Waals surface area contributed by atoms with E-state index in [0.717, 1.165) is 13.1 Å². The molecule has 2 aromatic rings. The van der Waals surface area contributed by atoms with Gasteiger partial charge in [0.25, 0.3) is 0 Å². The number of benzene rings is 1. The molecule has 4 nitrogen and oxygen atoms in total. The highest BCUT2D eigenvalue weighted by Gasteiger charge is 2.31. The van der Waals surface area contributed by atoms with Gasteiger partial charge in [-0.2, -0.15) is 0 Å². The van der Waals surface area contributed by atoms with Crippen LogP contribution in [0.2, 0.25) is 0 Å². The fourth-order valence-electron chi connectivity index (χ4n) is 3.46. The molecule has 4 heteroatoms. The second-order valence-electron chi connectivity index (χ2n) is 7.47. The van der Waals surface area contributed by atoms with Gasteiger partial charge in [0, 0.05) is 31.0 Å². The monoisotopic (exact) mass is 339 g/mol. The summed E-state index contributed by atoms with van der Waals surface area (Å²) in [5, 5.41) is 3.26. The van der Waals surface area contributed by atoms with E-state index in [1.54, 1.807) is 0 Å². The van der Waals surface area contributed by atoms with Crippen molar-refractivity contribution in [2.24, 2.45) is 0 Å². The highest BCUT2D eigenvalue weighted by Crippen LogP contribution is 2.33. The van der Waals surface area contributed by atoms with Crippen LogP contribution in [0.1, 0.15) is 56.5 Å². The van der Waals surface area contributed by atoms with Gasteiger partial charge in [0.2, 0.25) is 5.91 Å². The number of carbonyl (C=O) groups is 1. The second kappa shape index (κ2) is 7.44. The fraction of sp³-hybridized carbons (Fsp3) is 0.476. The number of nitrogens with zero attached hydrogens (tertiary/aromatic N) is 2. The maximum Gasteiger partial charge on any atom is 0.237 e. The van der Waals surface area contributed by atoms with Crippen LogP contribution in [-0.4, -0.2) is 34.5 Å². The Bertz CT molecular complexity index is 715. The lowest BCUT2D eigenvalue weighted by atomic mass is 9.95. The first-order valence-corrected chi connectivity index (χ1v) is 9.25. The van der Waals surface area contributed by atoms with Gasteiger partial charge in [-0.3, -0.25) is 4.79 Å². The molecule has 3 rings (SSSR count). The lowest BCUT2D eigenvalue weighted by Crippen LogP contribution is -2.46. The Kier molecular flexibility index (Phi) is 5.28. The average Bonchev–Trinajstić information content (AvgIpc) is 3.07. The number of amides is 1. The van der Waals surface area contributed by atoms with E-state index in [1.807, 2.05) is 4.90 Å². The van der Waals surface area contributed by atoms with Crippen LogP contribution in [-0.2, 0) is 11.3 Å². The van der Waals surface area contributed by atoms with Crippen molar-refractivity contribution in [2.75, 3.05) is 13.1 Å². The maximum atomic E-state index is 12.8. The smallest absolute Gasteiger partial charge is 0.237 e. The van der Waals surface area contributed by atoms with Gasteiger partial charge in [0.1, 0.15) is 0 Å². The Hall–Kier alpha value is -2.07. The highest BCUT2D eigenvalue weighted by molar-refractivity contribution is 5.79. The molecule has 1 N–H and O–H groups in total. The normalized spacial score (nSPS) is 17.2. The van der Waals surface area contributed by atoms with Gasteiger partial charge in [-0.05, 0) is 29.2 Å². The number of fused-ring (bicyclic) bond motifs is 1. The summed E-state index contributed by atoms with van der Waals surface area (Å²) in [7, 11) is 0. The van der Waals surface area contributed by atoms with Crippen molar-refractivity contribution in [3.63, 3.8) is 0 Å². The molecule has 1 aromatic heterocycles. The number of nitrogens with one attached hydrogen (secondary N) is 1. The first kappa shape index (κ1) is 17.7. The molecule has 0 spiro atoms. The van der Waals surface area contributed by atoms with Crippen LogP contribution in [0.15, 0.2) is 42.6 Å². The van der Waals surface area contributed by atoms with E-state index in [2.05, 4.69) is 80.2 Å². The first-order chi connectivity index (χ1) is 12.0. The van der Waals surface area contributed by atoms with Gasteiger partial charge in [-0.1, -0.05) is 52.0 Å². The van der Waals surface area contributed by atoms with Crippen molar-refractivity contribution in [3.05, 3.63) is 59.4 Å². The average molecular weight is 339 g/mol. The quantitative estimate of drug-likeness (QED) is 0.905. The topological polar surface area (TPSA) is 37.3 Å². The van der Waals surface area contributed by atoms with E-state index >= 15 is 0 Å². The molecule has 0 bridgehead atoms. The van der Waals surface area contributed by atoms with Gasteiger partial charge in [-0.25, -0.2) is 0 Å². The Balaban J connectivity index is 1.91. The Morgan fingerprint density at radius 3 is 2.48 bits per heavy atom. The molecule has 0 aliphatic carbocycles. The van der Waals surface area contributed by atoms with Crippen molar-refractivity contribution >= 4 is 5.91 Å². The van der Waals surface area contributed by atoms with E-state index in [4.69, 9.17) is 0 Å². The molecule has 1 unspecified atom stereocenters. The van der Waals surface area contributed by atoms with Crippen LogP contribution in [0.4, 0.5) is 0 Å². The lowest BCUT2D eigenvalue weighted by Gasteiger charge is -2.37. The SMILES string of the molecule is CC(C)NCC(=O)N1CCn2cccc2C1c1ccc(C(C)C)cc1. The summed E-state index contributed by atoms with van der Waals surface area (Å²) in [6.45, 7) is 10.5. The van der Waals surface area contributed by atoms with Gasteiger partial charge in [0.05, 0.1) is 12.6 Å². The standard InChI is InChI=1S/C21H29N3O/c1-15(2)17-7-9-18(10-8-17)21-19-6-5-11-23(19)12-13-24(21)20(25)14-22-16(3)4/h5-11,15-16,21-22H,12-14H2,1-4H3. The molecular weight excluding hydrogens is 310 g/mol. The number of carbonyl (C=O) groups excluding carboxylic acids is 1. The molecule has 1 amide bonds. The molecule has 1 aromatic carbocycles. The predicted octanol–water partition coefficient (Wildman–Crippen LogP) is 3.54. The molecular formula is C21H29N3O. The molecule has 0 saturated heterocycles. The summed E-state index contributed by atoms with van der Waals surface area (Å²) in [6, 6.07) is 13.3. The van der Waals surface area contributed by atoms with Crippen molar-refractivity contribution in [1.29, 1.82) is 0 Å². The molecule has 1 atom stereocenters. The zero-order valence-electron chi connectivity index (χ0n) is 15.7. The van der Waals surface area contributed by atoms with E-state index in [1.165, 1.54) is 16.8 Å². The first-order valence-electron chi connectivity index (χ1n) is 9.25. The highest BCUT2D eigenvalue weighted by atomic mass is 16.2. The zero-order valence-corrected chi connectivity index (χ0v) is 15.7. The summed E-state index contributed by atoms with van der Waals surface area (Å²) < 4.78 is 2.26. The summed E-state index contributed by atoms with van der Waals surface area (Å²) in [6.07, 6.45) is 2.11. The van der Waals surface area contributed by atoms with Gasteiger partial charge in [-0.15, -0.1) is 0 Å². The molecule has 0 fully saturated rings. The van der Waals surface area contributed by atoms with Gasteiger partial charge >= 0.3 is 0 Å². The molecule has 2 heterocycles. The number of hydrogen-bond acceptors (Lipinski definition) is 2. The molecule has 0 saturated carbocycles. The Morgan fingerprint density at radius 2 is 1.84 bits per heavy atom. The van der Waals surface area contributed by atoms with Gasteiger partial charge < -0.3 is 14.8 Å². The molecule has 0 radical (unpaired) electrons. The van der Waals surface area contributed by atoms with Gasteiger partial charge in [0.15, 0.2) is 0 Å². The Labute approximate surface area is 150 Å². The van der Waals surface area contributed by atoms with Crippen LogP contribution in [0.25, 0.3) is 0 Å². The predicted molar refractivity (Wildman–Crippen MR) is 102 cm³/mol. The molecule has 134 valence electrons. The van der Waals surface area contributed by atoms with Crippen molar-refractivity contribution in [3.8, 4) is 0 Å². The number of hydrogen-bond donors (Lipinski definition) is 1. The van der Waals surface area contributed by atoms with E-state index in [9.17, 15) is 4.79 Å². The van der Waals surface area contributed by atoms with Crippen molar-refractivity contribution < 1.29 is 4.79 Å². The third-order valence-electron chi connectivity index (χ3n) is 4.94. The van der Waals surface area contributed by atoms with Crippen LogP contribution in [0.5, 0.6) is 0 Å². The maximum absolute atomic E-state index is 12.8. The summed E-state index contributed by atoms with van der Waals surface area (Å²) in [5.41, 5.74) is 3.71. The number of rotatable bonds is 5. The molecule has 1 aliphatic rings. The van der Waals surface area contributed by atoms with E-state index < -0.39 is 0 Å². The fourth-order valence-corrected chi connectivity index (χ4v) is 3.46. The Morgan fingerprint density at radius 1 is 1.12 bits per heavy atom. The minimum absolute atomic E-state index is 0.00794. The van der Waals surface area contributed by atoms with E-state index in [0.29, 0.717) is 18.5 Å². The van der Waals surface area contributed by atoms with Crippen LogP contribution >= 0.6 is 0 Å². The van der Waals surface area contributed by atoms with Crippen LogP contribution < -0.4 is 5.32 Å². The number of aromatic nitrogens is 1. The largest absolute Gasteiger partial charge is 0.348 e. The minimum Gasteiger partial charge on any atom is -0.348 e. The van der Waals surface area contributed by atoms with Crippen molar-refractivity contribution in [2.45, 2.75) is 52.2 Å². The summed E-state index contributed by atoms with van der Waals surface area (Å²) >= 11 is 0. The lowest BCUT2D eigenvalue weighted by molar-refractivity contribution is -0.133. The summed E-state index contributed by atoms with van der Waals surface area (Å²) in [5.74, 6) is 0.677. The van der Waals surface area contributed by atoms with E-state index in [-0.39, 0.29) is 11.9 Å². The summed E-state index contributed by atoms with van der Waals surface area (Å²) in [4.78, 5) is 14.9.